The second kappa shape index (κ2) is 6.37. The highest BCUT2D eigenvalue weighted by Crippen LogP contribution is 2.23. The Balaban J connectivity index is 2.10. The van der Waals surface area contributed by atoms with Gasteiger partial charge in [0.05, 0.1) is 11.4 Å². The molecule has 21 heavy (non-hydrogen) atoms. The maximum Gasteiger partial charge on any atom is 0.323 e. The average molecular weight is 329 g/mol. The molecular weight excluding hydrogens is 315 g/mol. The van der Waals surface area contributed by atoms with Gasteiger partial charge in [-0.1, -0.05) is 23.8 Å². The molecule has 1 amide bonds. The van der Waals surface area contributed by atoms with Gasteiger partial charge in [0, 0.05) is 12.7 Å². The molecule has 2 heterocycles. The zero-order valence-electron chi connectivity index (χ0n) is 11.3. The molecule has 1 N–H and O–H groups in total. The van der Waals surface area contributed by atoms with Crippen LogP contribution in [0.3, 0.4) is 0 Å². The van der Waals surface area contributed by atoms with Gasteiger partial charge >= 0.3 is 5.97 Å². The predicted molar refractivity (Wildman–Crippen MR) is 80.4 cm³/mol. The number of carbonyl (C=O) groups is 2. The molecule has 0 saturated heterocycles. The van der Waals surface area contributed by atoms with Gasteiger partial charge in [-0.15, -0.1) is 11.6 Å². The Morgan fingerprint density at radius 2 is 2.19 bits per heavy atom. The molecule has 112 valence electrons. The van der Waals surface area contributed by atoms with Crippen molar-refractivity contribution in [3.05, 3.63) is 48.0 Å². The van der Waals surface area contributed by atoms with E-state index in [4.69, 9.17) is 27.9 Å². The molecule has 2 aliphatic rings. The summed E-state index contributed by atoms with van der Waals surface area (Å²) in [5, 5.41) is 0.847. The van der Waals surface area contributed by atoms with Crippen molar-refractivity contribution in [2.75, 3.05) is 12.4 Å². The molecule has 0 radical (unpaired) electrons. The smallest absolute Gasteiger partial charge is 0.323 e. The summed E-state index contributed by atoms with van der Waals surface area (Å²) in [7, 11) is 0. The minimum absolute atomic E-state index is 0.370. The Labute approximate surface area is 132 Å². The first-order valence-electron chi connectivity index (χ1n) is 6.24. The van der Waals surface area contributed by atoms with Gasteiger partial charge < -0.3 is 15.0 Å². The van der Waals surface area contributed by atoms with Crippen LogP contribution in [0.15, 0.2) is 48.0 Å². The molecule has 0 aromatic rings. The highest BCUT2D eigenvalue weighted by Gasteiger charge is 2.36. The summed E-state index contributed by atoms with van der Waals surface area (Å²) in [4.78, 5) is 25.3. The van der Waals surface area contributed by atoms with Crippen molar-refractivity contribution in [2.24, 2.45) is 0 Å². The first kappa shape index (κ1) is 15.7. The van der Waals surface area contributed by atoms with E-state index in [0.29, 0.717) is 5.70 Å². The van der Waals surface area contributed by atoms with Gasteiger partial charge in [0.2, 0.25) is 0 Å². The lowest BCUT2D eigenvalue weighted by Gasteiger charge is -2.30. The number of halogens is 2. The van der Waals surface area contributed by atoms with E-state index >= 15 is 0 Å². The van der Waals surface area contributed by atoms with Crippen LogP contribution in [0.2, 0.25) is 0 Å². The van der Waals surface area contributed by atoms with Gasteiger partial charge in [0.15, 0.2) is 0 Å². The highest BCUT2D eigenvalue weighted by atomic mass is 35.5. The number of nitrogens with zero attached hydrogens (tertiary/aromatic N) is 1. The summed E-state index contributed by atoms with van der Waals surface area (Å²) < 4.78 is 4.82. The standard InChI is InChI=1S/C14H14Cl2N2O3/c1-14(16,21-12(19)9-15)13(20)17-10-5-4-8-18-7-3-2-6-11(10)18/h2-6,8H,7,9H2,1H3,(H,17,20). The minimum atomic E-state index is -1.82. The Morgan fingerprint density at radius 1 is 1.43 bits per heavy atom. The van der Waals surface area contributed by atoms with Crippen LogP contribution in [-0.2, 0) is 14.3 Å². The van der Waals surface area contributed by atoms with Crippen molar-refractivity contribution >= 4 is 35.1 Å². The summed E-state index contributed by atoms with van der Waals surface area (Å²) in [5.74, 6) is -1.77. The molecule has 1 atom stereocenters. The number of hydrogen-bond acceptors (Lipinski definition) is 4. The molecule has 0 aliphatic carbocycles. The fraction of sp³-hybridized carbons (Fsp3) is 0.286. The van der Waals surface area contributed by atoms with Crippen LogP contribution in [0.5, 0.6) is 0 Å². The van der Waals surface area contributed by atoms with Crippen molar-refractivity contribution in [1.82, 2.24) is 10.2 Å². The lowest BCUT2D eigenvalue weighted by Crippen LogP contribution is -2.44. The third-order valence-electron chi connectivity index (χ3n) is 2.87. The number of rotatable bonds is 4. The summed E-state index contributed by atoms with van der Waals surface area (Å²) >= 11 is 11.3. The Kier molecular flexibility index (Phi) is 4.75. The van der Waals surface area contributed by atoms with Crippen molar-refractivity contribution in [3.63, 3.8) is 0 Å². The van der Waals surface area contributed by atoms with E-state index < -0.39 is 16.9 Å². The van der Waals surface area contributed by atoms with E-state index in [9.17, 15) is 9.59 Å². The third kappa shape index (κ3) is 3.68. The van der Waals surface area contributed by atoms with Crippen molar-refractivity contribution in [2.45, 2.75) is 12.0 Å². The molecule has 7 heteroatoms. The van der Waals surface area contributed by atoms with E-state index in [1.165, 1.54) is 6.92 Å². The molecule has 0 fully saturated rings. The largest absolute Gasteiger partial charge is 0.433 e. The van der Waals surface area contributed by atoms with Crippen LogP contribution in [-0.4, -0.2) is 34.3 Å². The van der Waals surface area contributed by atoms with Crippen LogP contribution in [0.1, 0.15) is 6.92 Å². The summed E-state index contributed by atoms with van der Waals surface area (Å²) in [6, 6.07) is 0. The van der Waals surface area contributed by atoms with Crippen LogP contribution in [0, 0.1) is 0 Å². The second-order valence-electron chi connectivity index (χ2n) is 4.53. The third-order valence-corrected chi connectivity index (χ3v) is 3.34. The molecule has 5 nitrogen and oxygen atoms in total. The normalized spacial score (nSPS) is 19.1. The SMILES string of the molecule is CC(Cl)(OC(=O)CCl)C(=O)NC1=CC=CN2CC=CC=C12. The average Bonchev–Trinajstić information content (AvgIpc) is 2.47. The lowest BCUT2D eigenvalue weighted by atomic mass is 10.1. The van der Waals surface area contributed by atoms with E-state index in [1.807, 2.05) is 35.4 Å². The van der Waals surface area contributed by atoms with E-state index in [1.54, 1.807) is 6.08 Å². The number of esters is 1. The molecule has 0 spiro atoms. The van der Waals surface area contributed by atoms with E-state index in [0.717, 1.165) is 12.2 Å². The number of fused-ring (bicyclic) bond motifs is 1. The highest BCUT2D eigenvalue weighted by molar-refractivity contribution is 6.34. The topological polar surface area (TPSA) is 58.6 Å². The first-order valence-corrected chi connectivity index (χ1v) is 7.16. The Morgan fingerprint density at radius 3 is 2.90 bits per heavy atom. The lowest BCUT2D eigenvalue weighted by molar-refractivity contribution is -0.155. The van der Waals surface area contributed by atoms with Crippen molar-refractivity contribution in [3.8, 4) is 0 Å². The molecule has 0 aromatic carbocycles. The molecule has 1 unspecified atom stereocenters. The van der Waals surface area contributed by atoms with Crippen molar-refractivity contribution < 1.29 is 14.3 Å². The number of allylic oxidation sites excluding steroid dienone is 4. The summed E-state index contributed by atoms with van der Waals surface area (Å²) in [6.07, 6.45) is 11.2. The van der Waals surface area contributed by atoms with Crippen LogP contribution in [0.25, 0.3) is 0 Å². The quantitative estimate of drug-likeness (QED) is 0.633. The van der Waals surface area contributed by atoms with Gasteiger partial charge in [-0.25, -0.2) is 0 Å². The molecule has 0 saturated carbocycles. The fourth-order valence-corrected chi connectivity index (χ4v) is 2.06. The zero-order chi connectivity index (χ0) is 15.5. The van der Waals surface area contributed by atoms with Gasteiger partial charge in [-0.05, 0) is 25.2 Å². The van der Waals surface area contributed by atoms with Gasteiger partial charge in [0.1, 0.15) is 5.88 Å². The molecular formula is C14H14Cl2N2O3. The van der Waals surface area contributed by atoms with Gasteiger partial charge in [-0.3, -0.25) is 9.59 Å². The number of ether oxygens (including phenoxy) is 1. The Bertz CT molecular complexity index is 577. The number of carbonyl (C=O) groups excluding carboxylic acids is 2. The van der Waals surface area contributed by atoms with Crippen LogP contribution < -0.4 is 5.32 Å². The number of nitrogens with one attached hydrogen (secondary N) is 1. The van der Waals surface area contributed by atoms with Gasteiger partial charge in [0.25, 0.3) is 11.0 Å². The number of amides is 1. The van der Waals surface area contributed by atoms with E-state index in [-0.39, 0.29) is 5.88 Å². The fourth-order valence-electron chi connectivity index (χ4n) is 1.87. The molecule has 0 bridgehead atoms. The maximum atomic E-state index is 12.2. The van der Waals surface area contributed by atoms with E-state index in [2.05, 4.69) is 5.32 Å². The van der Waals surface area contributed by atoms with Crippen LogP contribution in [0.4, 0.5) is 0 Å². The molecule has 2 rings (SSSR count). The number of alkyl halides is 2. The summed E-state index contributed by atoms with van der Waals surface area (Å²) in [5.41, 5.74) is 1.42. The number of hydrogen-bond donors (Lipinski definition) is 1. The van der Waals surface area contributed by atoms with Crippen molar-refractivity contribution in [1.29, 1.82) is 0 Å². The molecule has 2 aliphatic heterocycles. The second-order valence-corrected chi connectivity index (χ2v) is 5.52. The first-order chi connectivity index (χ1) is 9.94. The maximum absolute atomic E-state index is 12.2. The summed E-state index contributed by atoms with van der Waals surface area (Å²) in [6.45, 7) is 2.01. The van der Waals surface area contributed by atoms with Crippen LogP contribution >= 0.6 is 23.2 Å². The minimum Gasteiger partial charge on any atom is -0.433 e. The predicted octanol–water partition coefficient (Wildman–Crippen LogP) is 2.01. The monoisotopic (exact) mass is 328 g/mol. The zero-order valence-corrected chi connectivity index (χ0v) is 12.8. The van der Waals surface area contributed by atoms with Gasteiger partial charge in [-0.2, -0.15) is 0 Å². The molecule has 0 aromatic heterocycles. The Hall–Kier alpha value is -1.72.